The van der Waals surface area contributed by atoms with Gasteiger partial charge in [0.2, 0.25) is 0 Å². The Morgan fingerprint density at radius 2 is 0.833 bits per heavy atom. The molecule has 0 unspecified atom stereocenters. The molecule has 0 spiro atoms. The maximum Gasteiger partial charge on any atom is 0.0905 e. The summed E-state index contributed by atoms with van der Waals surface area (Å²) >= 11 is 0. The van der Waals surface area contributed by atoms with Gasteiger partial charge in [0.05, 0.1) is 11.2 Å². The van der Waals surface area contributed by atoms with Gasteiger partial charge >= 0.3 is 0 Å². The van der Waals surface area contributed by atoms with Crippen molar-refractivity contribution in [3.63, 3.8) is 0 Å². The van der Waals surface area contributed by atoms with E-state index in [-0.39, 0.29) is 11.2 Å². The normalized spacial score (nSPS) is 12.1. The zero-order chi connectivity index (χ0) is 26.1. The van der Waals surface area contributed by atoms with Crippen molar-refractivity contribution in [3.05, 3.63) is 96.1 Å². The summed E-state index contributed by atoms with van der Waals surface area (Å²) in [5.41, 5.74) is 4.72. The monoisotopic (exact) mass is 478 g/mol. The molecule has 2 nitrogen and oxygen atoms in total. The number of benzene rings is 5. The Balaban J connectivity index is 0.000000261. The van der Waals surface area contributed by atoms with Crippen LogP contribution in [0.5, 0.6) is 0 Å². The number of hydrogen-bond donors (Lipinski definition) is 0. The van der Waals surface area contributed by atoms with Crippen LogP contribution in [0.25, 0.3) is 43.4 Å². The summed E-state index contributed by atoms with van der Waals surface area (Å²) in [6, 6.07) is 31.2. The quantitative estimate of drug-likeness (QED) is 0.240. The molecule has 0 fully saturated rings. The molecule has 0 amide bonds. The third-order valence-electron chi connectivity index (χ3n) is 7.77. The fourth-order valence-corrected chi connectivity index (χ4v) is 4.72. The van der Waals surface area contributed by atoms with Crippen LogP contribution in [-0.2, 0) is 9.47 Å². The van der Waals surface area contributed by atoms with Crippen LogP contribution in [0.1, 0.15) is 38.8 Å². The van der Waals surface area contributed by atoms with Crippen LogP contribution < -0.4 is 0 Å². The van der Waals surface area contributed by atoms with Crippen LogP contribution in [0, 0.1) is 13.8 Å². The smallest absolute Gasteiger partial charge is 0.0905 e. The Bertz CT molecular complexity index is 1460. The summed E-state index contributed by atoms with van der Waals surface area (Å²) in [4.78, 5) is 0. The highest BCUT2D eigenvalue weighted by Gasteiger charge is 2.36. The van der Waals surface area contributed by atoms with Crippen molar-refractivity contribution < 1.29 is 9.47 Å². The van der Waals surface area contributed by atoms with E-state index in [9.17, 15) is 0 Å². The molecule has 0 atom stereocenters. The predicted molar refractivity (Wildman–Crippen MR) is 156 cm³/mol. The molecule has 2 heteroatoms. The molecule has 0 aliphatic rings. The molecule has 0 radical (unpaired) electrons. The van der Waals surface area contributed by atoms with E-state index in [4.69, 9.17) is 9.47 Å². The summed E-state index contributed by atoms with van der Waals surface area (Å²) in [6.45, 7) is 12.4. The van der Waals surface area contributed by atoms with Crippen LogP contribution in [0.3, 0.4) is 0 Å². The fraction of sp³-hybridized carbons (Fsp3) is 0.294. The van der Waals surface area contributed by atoms with Crippen molar-refractivity contribution in [3.8, 4) is 11.1 Å². The van der Waals surface area contributed by atoms with E-state index in [0.717, 1.165) is 0 Å². The van der Waals surface area contributed by atoms with Gasteiger partial charge in [-0.15, -0.1) is 0 Å². The molecule has 5 rings (SSSR count). The zero-order valence-electron chi connectivity index (χ0n) is 22.9. The topological polar surface area (TPSA) is 18.5 Å². The average Bonchev–Trinajstić information content (AvgIpc) is 2.88. The molecule has 0 aliphatic heterocycles. The number of fused-ring (bicyclic) bond motifs is 6. The van der Waals surface area contributed by atoms with E-state index in [2.05, 4.69) is 98.8 Å². The second kappa shape index (κ2) is 10.0. The van der Waals surface area contributed by atoms with Crippen molar-refractivity contribution in [2.24, 2.45) is 0 Å². The van der Waals surface area contributed by atoms with Gasteiger partial charge in [0.1, 0.15) is 0 Å². The maximum atomic E-state index is 5.27. The highest BCUT2D eigenvalue weighted by Crippen LogP contribution is 2.37. The Hall–Kier alpha value is -3.20. The minimum Gasteiger partial charge on any atom is -0.376 e. The van der Waals surface area contributed by atoms with Gasteiger partial charge in [0.15, 0.2) is 0 Å². The Kier molecular flexibility index (Phi) is 7.22. The third kappa shape index (κ3) is 4.89. The fourth-order valence-electron chi connectivity index (χ4n) is 4.72. The van der Waals surface area contributed by atoms with Gasteiger partial charge in [-0.25, -0.2) is 0 Å². The van der Waals surface area contributed by atoms with Crippen molar-refractivity contribution in [1.82, 2.24) is 0 Å². The van der Waals surface area contributed by atoms with Crippen LogP contribution in [-0.4, -0.2) is 25.4 Å². The van der Waals surface area contributed by atoms with Crippen LogP contribution >= 0.6 is 0 Å². The number of ether oxygens (including phenoxy) is 2. The van der Waals surface area contributed by atoms with Crippen molar-refractivity contribution in [1.29, 1.82) is 0 Å². The Morgan fingerprint density at radius 1 is 0.444 bits per heavy atom. The van der Waals surface area contributed by atoms with Crippen molar-refractivity contribution in [2.45, 2.75) is 52.7 Å². The van der Waals surface area contributed by atoms with Gasteiger partial charge in [0, 0.05) is 14.2 Å². The molecule has 186 valence electrons. The summed E-state index contributed by atoms with van der Waals surface area (Å²) in [7, 11) is 3.39. The van der Waals surface area contributed by atoms with E-state index in [1.807, 2.05) is 27.7 Å². The van der Waals surface area contributed by atoms with Gasteiger partial charge in [-0.3, -0.25) is 0 Å². The van der Waals surface area contributed by atoms with E-state index in [1.165, 1.54) is 54.6 Å². The van der Waals surface area contributed by atoms with E-state index in [0.29, 0.717) is 0 Å². The van der Waals surface area contributed by atoms with Gasteiger partial charge in [-0.2, -0.15) is 0 Å². The lowest BCUT2D eigenvalue weighted by Gasteiger charge is -2.38. The molecule has 0 aromatic heterocycles. The molecule has 5 aromatic carbocycles. The highest BCUT2D eigenvalue weighted by atomic mass is 16.5. The lowest BCUT2D eigenvalue weighted by atomic mass is 9.89. The molecule has 0 bridgehead atoms. The number of methoxy groups -OCH3 is 2. The molecular formula is C34H38O2. The van der Waals surface area contributed by atoms with Gasteiger partial charge in [-0.05, 0) is 91.1 Å². The number of hydrogen-bond acceptors (Lipinski definition) is 2. The first-order chi connectivity index (χ1) is 17.1. The predicted octanol–water partition coefficient (Wildman–Crippen LogP) is 9.27. The Morgan fingerprint density at radius 3 is 1.25 bits per heavy atom. The van der Waals surface area contributed by atoms with Crippen LogP contribution in [0.2, 0.25) is 0 Å². The van der Waals surface area contributed by atoms with Gasteiger partial charge < -0.3 is 9.47 Å². The zero-order valence-corrected chi connectivity index (χ0v) is 22.9. The highest BCUT2D eigenvalue weighted by molar-refractivity contribution is 6.25. The van der Waals surface area contributed by atoms with Crippen LogP contribution in [0.4, 0.5) is 0 Å². The number of rotatable bonds is 4. The molecular weight excluding hydrogens is 440 g/mol. The van der Waals surface area contributed by atoms with Crippen LogP contribution in [0.15, 0.2) is 84.9 Å². The average molecular weight is 479 g/mol. The molecule has 0 saturated heterocycles. The molecule has 0 heterocycles. The number of aryl methyl sites for hydroxylation is 2. The van der Waals surface area contributed by atoms with Gasteiger partial charge in [-0.1, -0.05) is 90.0 Å². The van der Waals surface area contributed by atoms with E-state index < -0.39 is 0 Å². The van der Waals surface area contributed by atoms with Crippen molar-refractivity contribution in [2.75, 3.05) is 14.2 Å². The first-order valence-electron chi connectivity index (χ1n) is 12.6. The summed E-state index contributed by atoms with van der Waals surface area (Å²) in [6.07, 6.45) is 0. The van der Waals surface area contributed by atoms with E-state index in [1.54, 1.807) is 14.2 Å². The SMILES string of the molecule is COC(C)(C)C(C)(C)OC.Cc1cc(C)cc(-c2ccc3c4ccccc4c4ccccc4c3c2)c1. The molecule has 5 aromatic rings. The summed E-state index contributed by atoms with van der Waals surface area (Å²) in [5.74, 6) is 0. The maximum absolute atomic E-state index is 5.27. The molecule has 0 aliphatic carbocycles. The standard InChI is InChI=1S/C26H20.C8H18O2/c1-17-13-18(2)15-20(14-17)19-11-12-25-23-9-4-3-7-21(23)22-8-5-6-10-24(22)26(25)16-19;1-7(2,9-5)8(3,4)10-6/h3-16H,1-2H3;1-6H3. The third-order valence-corrected chi connectivity index (χ3v) is 7.77. The second-order valence-corrected chi connectivity index (χ2v) is 10.7. The molecule has 0 saturated carbocycles. The minimum atomic E-state index is -0.234. The van der Waals surface area contributed by atoms with Gasteiger partial charge in [0.25, 0.3) is 0 Å². The lowest BCUT2D eigenvalue weighted by molar-refractivity contribution is -0.147. The summed E-state index contributed by atoms with van der Waals surface area (Å²) < 4.78 is 10.5. The first kappa shape index (κ1) is 25.9. The van der Waals surface area contributed by atoms with E-state index >= 15 is 0 Å². The largest absolute Gasteiger partial charge is 0.376 e. The molecule has 0 N–H and O–H groups in total. The Labute approximate surface area is 215 Å². The molecule has 36 heavy (non-hydrogen) atoms. The summed E-state index contributed by atoms with van der Waals surface area (Å²) in [5, 5.41) is 7.96. The second-order valence-electron chi connectivity index (χ2n) is 10.7. The minimum absolute atomic E-state index is 0.234. The lowest BCUT2D eigenvalue weighted by Crippen LogP contribution is -2.48. The first-order valence-corrected chi connectivity index (χ1v) is 12.6. The van der Waals surface area contributed by atoms with Crippen molar-refractivity contribution >= 4 is 32.3 Å².